The normalized spacial score (nSPS) is 11.2. The first-order chi connectivity index (χ1) is 8.02. The number of benzene rings is 1. The fraction of sp³-hybridized carbons (Fsp3) is 0.538. The first-order valence-electron chi connectivity index (χ1n) is 6.20. The Morgan fingerprint density at radius 2 is 1.76 bits per heavy atom. The molecule has 17 heavy (non-hydrogen) atoms. The zero-order valence-electron chi connectivity index (χ0n) is 10.9. The number of rotatable bonds is 6. The molecule has 0 bridgehead atoms. The average Bonchev–Trinajstić information content (AvgIpc) is 2.28. The standard InChI is InChI=1S/C13H22BNO2/c1-4-15(9-11(2)3)10-12-5-7-13(8-6-12)14(16)17/h5-8,11,16-17H,4,9-10H2,1-3H3. The van der Waals surface area contributed by atoms with Crippen LogP contribution in [0, 0.1) is 5.92 Å². The van der Waals surface area contributed by atoms with Crippen LogP contribution in [0.25, 0.3) is 0 Å². The highest BCUT2D eigenvalue weighted by Gasteiger charge is 2.11. The van der Waals surface area contributed by atoms with Crippen LogP contribution in [0.3, 0.4) is 0 Å². The van der Waals surface area contributed by atoms with E-state index in [9.17, 15) is 0 Å². The van der Waals surface area contributed by atoms with Crippen LogP contribution in [0.15, 0.2) is 24.3 Å². The molecule has 4 heteroatoms. The lowest BCUT2D eigenvalue weighted by molar-refractivity contribution is 0.248. The van der Waals surface area contributed by atoms with Gasteiger partial charge in [-0.25, -0.2) is 0 Å². The van der Waals surface area contributed by atoms with Crippen molar-refractivity contribution in [1.29, 1.82) is 0 Å². The van der Waals surface area contributed by atoms with Crippen LogP contribution in [0.2, 0.25) is 0 Å². The Bertz CT molecular complexity index is 325. The van der Waals surface area contributed by atoms with Crippen LogP contribution < -0.4 is 5.46 Å². The monoisotopic (exact) mass is 235 g/mol. The number of nitrogens with zero attached hydrogens (tertiary/aromatic N) is 1. The van der Waals surface area contributed by atoms with Crippen LogP contribution in [-0.4, -0.2) is 35.2 Å². The summed E-state index contributed by atoms with van der Waals surface area (Å²) in [6, 6.07) is 7.45. The van der Waals surface area contributed by atoms with Crippen molar-refractivity contribution < 1.29 is 10.0 Å². The van der Waals surface area contributed by atoms with E-state index >= 15 is 0 Å². The van der Waals surface area contributed by atoms with Gasteiger partial charge < -0.3 is 10.0 Å². The lowest BCUT2D eigenvalue weighted by atomic mass is 9.80. The largest absolute Gasteiger partial charge is 0.488 e. The van der Waals surface area contributed by atoms with E-state index in [4.69, 9.17) is 10.0 Å². The number of hydrogen-bond acceptors (Lipinski definition) is 3. The summed E-state index contributed by atoms with van der Waals surface area (Å²) in [7, 11) is -1.37. The molecular weight excluding hydrogens is 213 g/mol. The van der Waals surface area contributed by atoms with Crippen molar-refractivity contribution >= 4 is 12.6 Å². The van der Waals surface area contributed by atoms with Crippen LogP contribution in [0.4, 0.5) is 0 Å². The Morgan fingerprint density at radius 3 is 2.18 bits per heavy atom. The molecule has 0 saturated heterocycles. The smallest absolute Gasteiger partial charge is 0.423 e. The molecular formula is C13H22BNO2. The molecule has 0 heterocycles. The molecule has 0 amide bonds. The molecule has 2 N–H and O–H groups in total. The highest BCUT2D eigenvalue weighted by atomic mass is 16.4. The second-order valence-electron chi connectivity index (χ2n) is 4.84. The molecule has 3 nitrogen and oxygen atoms in total. The summed E-state index contributed by atoms with van der Waals surface area (Å²) in [5.74, 6) is 0.661. The van der Waals surface area contributed by atoms with Crippen molar-refractivity contribution in [2.24, 2.45) is 5.92 Å². The third-order valence-corrected chi connectivity index (χ3v) is 2.75. The van der Waals surface area contributed by atoms with Gasteiger partial charge in [-0.05, 0) is 23.5 Å². The zero-order chi connectivity index (χ0) is 12.8. The SMILES string of the molecule is CCN(Cc1ccc(B(O)O)cc1)CC(C)C. The lowest BCUT2D eigenvalue weighted by Gasteiger charge is -2.22. The zero-order valence-corrected chi connectivity index (χ0v) is 10.9. The van der Waals surface area contributed by atoms with Crippen molar-refractivity contribution in [3.63, 3.8) is 0 Å². The highest BCUT2D eigenvalue weighted by Crippen LogP contribution is 2.06. The van der Waals surface area contributed by atoms with E-state index in [1.807, 2.05) is 12.1 Å². The molecule has 0 fully saturated rings. The predicted octanol–water partition coefficient (Wildman–Crippen LogP) is 0.844. The van der Waals surface area contributed by atoms with Gasteiger partial charge in [0, 0.05) is 13.1 Å². The third-order valence-electron chi connectivity index (χ3n) is 2.75. The second-order valence-corrected chi connectivity index (χ2v) is 4.84. The van der Waals surface area contributed by atoms with Gasteiger partial charge >= 0.3 is 7.12 Å². The van der Waals surface area contributed by atoms with E-state index < -0.39 is 7.12 Å². The van der Waals surface area contributed by atoms with Crippen molar-refractivity contribution in [3.05, 3.63) is 29.8 Å². The van der Waals surface area contributed by atoms with Gasteiger partial charge in [-0.1, -0.05) is 45.0 Å². The van der Waals surface area contributed by atoms with E-state index in [0.717, 1.165) is 19.6 Å². The van der Waals surface area contributed by atoms with E-state index in [1.165, 1.54) is 5.56 Å². The fourth-order valence-corrected chi connectivity index (χ4v) is 1.88. The van der Waals surface area contributed by atoms with E-state index in [-0.39, 0.29) is 0 Å². The third kappa shape index (κ3) is 4.90. The lowest BCUT2D eigenvalue weighted by Crippen LogP contribution is -2.30. The molecule has 0 aliphatic heterocycles. The first-order valence-corrected chi connectivity index (χ1v) is 6.20. The Balaban J connectivity index is 2.61. The molecule has 1 aromatic carbocycles. The molecule has 94 valence electrons. The minimum absolute atomic E-state index is 0.542. The van der Waals surface area contributed by atoms with Gasteiger partial charge in [-0.15, -0.1) is 0 Å². The van der Waals surface area contributed by atoms with Crippen molar-refractivity contribution in [2.75, 3.05) is 13.1 Å². The van der Waals surface area contributed by atoms with Gasteiger partial charge in [0.25, 0.3) is 0 Å². The molecule has 0 aromatic heterocycles. The van der Waals surface area contributed by atoms with Gasteiger partial charge in [0.15, 0.2) is 0 Å². The molecule has 0 radical (unpaired) electrons. The van der Waals surface area contributed by atoms with Crippen molar-refractivity contribution in [3.8, 4) is 0 Å². The Hall–Kier alpha value is -0.835. The first kappa shape index (κ1) is 14.2. The summed E-state index contributed by atoms with van der Waals surface area (Å²) in [5, 5.41) is 18.0. The van der Waals surface area contributed by atoms with Gasteiger partial charge in [0.2, 0.25) is 0 Å². The summed E-state index contributed by atoms with van der Waals surface area (Å²) in [4.78, 5) is 2.38. The summed E-state index contributed by atoms with van der Waals surface area (Å²) in [6.07, 6.45) is 0. The molecule has 0 saturated carbocycles. The van der Waals surface area contributed by atoms with E-state index in [0.29, 0.717) is 11.4 Å². The quantitative estimate of drug-likeness (QED) is 0.718. The Morgan fingerprint density at radius 1 is 1.18 bits per heavy atom. The number of hydrogen-bond donors (Lipinski definition) is 2. The molecule has 0 unspecified atom stereocenters. The summed E-state index contributed by atoms with van der Waals surface area (Å²) >= 11 is 0. The van der Waals surface area contributed by atoms with Crippen LogP contribution >= 0.6 is 0 Å². The van der Waals surface area contributed by atoms with Gasteiger partial charge in [-0.2, -0.15) is 0 Å². The van der Waals surface area contributed by atoms with Gasteiger partial charge in [0.1, 0.15) is 0 Å². The summed E-state index contributed by atoms with van der Waals surface area (Å²) < 4.78 is 0. The van der Waals surface area contributed by atoms with Crippen molar-refractivity contribution in [1.82, 2.24) is 4.90 Å². The summed E-state index contributed by atoms with van der Waals surface area (Å²) in [5.41, 5.74) is 1.75. The molecule has 1 aromatic rings. The molecule has 0 aliphatic rings. The summed E-state index contributed by atoms with van der Waals surface area (Å²) in [6.45, 7) is 9.62. The van der Waals surface area contributed by atoms with Crippen molar-refractivity contribution in [2.45, 2.75) is 27.3 Å². The molecule has 0 atom stereocenters. The predicted molar refractivity (Wildman–Crippen MR) is 72.1 cm³/mol. The highest BCUT2D eigenvalue weighted by molar-refractivity contribution is 6.58. The maximum absolute atomic E-state index is 9.01. The van der Waals surface area contributed by atoms with Gasteiger partial charge in [0.05, 0.1) is 0 Å². The van der Waals surface area contributed by atoms with Gasteiger partial charge in [-0.3, -0.25) is 4.90 Å². The maximum Gasteiger partial charge on any atom is 0.488 e. The Labute approximate surface area is 104 Å². The molecule has 1 rings (SSSR count). The molecule has 0 aliphatic carbocycles. The topological polar surface area (TPSA) is 43.7 Å². The minimum atomic E-state index is -1.37. The van der Waals surface area contributed by atoms with Crippen LogP contribution in [0.5, 0.6) is 0 Å². The minimum Gasteiger partial charge on any atom is -0.423 e. The van der Waals surface area contributed by atoms with E-state index in [1.54, 1.807) is 12.1 Å². The second kappa shape index (κ2) is 6.79. The fourth-order valence-electron chi connectivity index (χ4n) is 1.88. The average molecular weight is 235 g/mol. The van der Waals surface area contributed by atoms with Crippen LogP contribution in [-0.2, 0) is 6.54 Å². The Kier molecular flexibility index (Phi) is 5.68. The van der Waals surface area contributed by atoms with E-state index in [2.05, 4.69) is 25.7 Å². The molecule has 0 spiro atoms. The van der Waals surface area contributed by atoms with Crippen LogP contribution in [0.1, 0.15) is 26.3 Å². The maximum atomic E-state index is 9.01.